The van der Waals surface area contributed by atoms with Gasteiger partial charge in [0.25, 0.3) is 0 Å². The molecule has 0 unspecified atom stereocenters. The molecular weight excluding hydrogens is 355 g/mol. The Morgan fingerprint density at radius 1 is 1.32 bits per heavy atom. The van der Waals surface area contributed by atoms with Crippen LogP contribution < -0.4 is 5.32 Å². The summed E-state index contributed by atoms with van der Waals surface area (Å²) in [6, 6.07) is 4.27. The van der Waals surface area contributed by atoms with Crippen LogP contribution in [0.1, 0.15) is 44.1 Å². The van der Waals surface area contributed by atoms with E-state index in [0.29, 0.717) is 0 Å². The van der Waals surface area contributed by atoms with Gasteiger partial charge in [-0.25, -0.2) is 4.79 Å². The summed E-state index contributed by atoms with van der Waals surface area (Å²) in [6.45, 7) is 0.240. The number of nitrogens with one attached hydrogen (secondary N) is 1. The fraction of sp³-hybridized carbons (Fsp3) is 0.529. The first-order valence-corrected chi connectivity index (χ1v) is 8.52. The summed E-state index contributed by atoms with van der Waals surface area (Å²) in [5, 5.41) is 11.3. The Hall–Kier alpha value is -1.94. The molecule has 0 bridgehead atoms. The fourth-order valence-electron chi connectivity index (χ4n) is 3.00. The van der Waals surface area contributed by atoms with E-state index in [0.717, 1.165) is 50.3 Å². The predicted molar refractivity (Wildman–Crippen MR) is 89.3 cm³/mol. The average molecular weight is 374 g/mol. The maximum Gasteiger partial charge on any atom is 0.416 e. The van der Waals surface area contributed by atoms with Gasteiger partial charge in [0.05, 0.1) is 28.8 Å². The number of alkyl halides is 3. The number of carbonyl (C=O) groups excluding carboxylic acids is 1. The number of benzene rings is 1. The van der Waals surface area contributed by atoms with Gasteiger partial charge in [-0.05, 0) is 31.0 Å². The summed E-state index contributed by atoms with van der Waals surface area (Å²) in [6.07, 6.45) is 0.388. The fourth-order valence-corrected chi connectivity index (χ4v) is 3.16. The molecular formula is C17H19ClF3N3O. The van der Waals surface area contributed by atoms with Gasteiger partial charge >= 0.3 is 12.2 Å². The van der Waals surface area contributed by atoms with Crippen molar-refractivity contribution in [3.63, 3.8) is 0 Å². The minimum absolute atomic E-state index is 0.00771. The number of nitrogens with zero attached hydrogens (tertiary/aromatic N) is 2. The first-order valence-electron chi connectivity index (χ1n) is 8.14. The van der Waals surface area contributed by atoms with Crippen molar-refractivity contribution < 1.29 is 18.0 Å². The Bertz CT molecular complexity index is 652. The molecule has 1 saturated carbocycles. The van der Waals surface area contributed by atoms with Gasteiger partial charge in [-0.1, -0.05) is 30.9 Å². The van der Waals surface area contributed by atoms with Gasteiger partial charge in [0.2, 0.25) is 0 Å². The van der Waals surface area contributed by atoms with Crippen molar-refractivity contribution in [2.45, 2.75) is 50.7 Å². The predicted octanol–water partition coefficient (Wildman–Crippen LogP) is 5.44. The number of hydrogen-bond acceptors (Lipinski definition) is 2. The van der Waals surface area contributed by atoms with Crippen molar-refractivity contribution in [3.05, 3.63) is 28.8 Å². The summed E-state index contributed by atoms with van der Waals surface area (Å²) in [5.74, 6) is 0. The van der Waals surface area contributed by atoms with Crippen molar-refractivity contribution in [2.24, 2.45) is 0 Å². The number of amides is 2. The van der Waals surface area contributed by atoms with Crippen LogP contribution >= 0.6 is 11.6 Å². The highest BCUT2D eigenvalue weighted by molar-refractivity contribution is 6.33. The molecule has 0 heterocycles. The van der Waals surface area contributed by atoms with Crippen LogP contribution in [0, 0.1) is 11.3 Å². The van der Waals surface area contributed by atoms with Crippen LogP contribution in [0.2, 0.25) is 5.02 Å². The molecule has 0 saturated heterocycles. The van der Waals surface area contributed by atoms with Gasteiger partial charge < -0.3 is 10.2 Å². The molecule has 4 nitrogen and oxygen atoms in total. The molecule has 136 valence electrons. The second-order valence-corrected chi connectivity index (χ2v) is 6.42. The van der Waals surface area contributed by atoms with E-state index in [4.69, 9.17) is 16.9 Å². The van der Waals surface area contributed by atoms with E-state index in [1.54, 1.807) is 4.90 Å². The lowest BCUT2D eigenvalue weighted by Crippen LogP contribution is -2.44. The first kappa shape index (κ1) is 19.4. The van der Waals surface area contributed by atoms with E-state index in [2.05, 4.69) is 5.32 Å². The Balaban J connectivity index is 2.18. The standard InChI is InChI=1S/C17H19ClF3N3O/c18-14-8-7-12(17(19,20)21)11-15(14)23-16(25)24(10-4-9-22)13-5-2-1-3-6-13/h7-8,11,13H,1-6,10H2,(H,23,25). The molecule has 8 heteroatoms. The summed E-state index contributed by atoms with van der Waals surface area (Å²) in [4.78, 5) is 14.1. The molecule has 0 aliphatic heterocycles. The van der Waals surface area contributed by atoms with Gasteiger partial charge in [0, 0.05) is 12.6 Å². The maximum absolute atomic E-state index is 12.9. The van der Waals surface area contributed by atoms with Gasteiger partial charge in [0.15, 0.2) is 0 Å². The normalized spacial score (nSPS) is 15.5. The van der Waals surface area contributed by atoms with E-state index in [9.17, 15) is 18.0 Å². The highest BCUT2D eigenvalue weighted by Gasteiger charge is 2.31. The molecule has 1 aliphatic carbocycles. The summed E-state index contributed by atoms with van der Waals surface area (Å²) < 4.78 is 38.6. The monoisotopic (exact) mass is 373 g/mol. The molecule has 2 rings (SSSR count). The highest BCUT2D eigenvalue weighted by atomic mass is 35.5. The zero-order valence-corrected chi connectivity index (χ0v) is 14.3. The van der Waals surface area contributed by atoms with Crippen molar-refractivity contribution in [1.29, 1.82) is 5.26 Å². The van der Waals surface area contributed by atoms with Crippen molar-refractivity contribution >= 4 is 23.3 Å². The van der Waals surface area contributed by atoms with Crippen molar-refractivity contribution in [2.75, 3.05) is 11.9 Å². The van der Waals surface area contributed by atoms with Crippen LogP contribution in [0.15, 0.2) is 18.2 Å². The molecule has 1 N–H and O–H groups in total. The zero-order valence-electron chi connectivity index (χ0n) is 13.6. The van der Waals surface area contributed by atoms with Crippen LogP contribution in [0.3, 0.4) is 0 Å². The number of urea groups is 1. The lowest BCUT2D eigenvalue weighted by Gasteiger charge is -2.34. The molecule has 1 aliphatic rings. The van der Waals surface area contributed by atoms with Crippen molar-refractivity contribution in [1.82, 2.24) is 4.90 Å². The zero-order chi connectivity index (χ0) is 18.4. The third-order valence-corrected chi connectivity index (χ3v) is 4.61. The lowest BCUT2D eigenvalue weighted by atomic mass is 9.94. The number of nitriles is 1. The highest BCUT2D eigenvalue weighted by Crippen LogP contribution is 2.34. The number of rotatable bonds is 4. The second kappa shape index (κ2) is 8.43. The van der Waals surface area contributed by atoms with Crippen LogP contribution in [-0.2, 0) is 6.18 Å². The number of carbonyl (C=O) groups is 1. The van der Waals surface area contributed by atoms with Crippen molar-refractivity contribution in [3.8, 4) is 6.07 Å². The topological polar surface area (TPSA) is 56.1 Å². The largest absolute Gasteiger partial charge is 0.416 e. The number of anilines is 1. The quantitative estimate of drug-likeness (QED) is 0.764. The number of halogens is 4. The van der Waals surface area contributed by atoms with Gasteiger partial charge in [-0.15, -0.1) is 0 Å². The third-order valence-electron chi connectivity index (χ3n) is 4.28. The lowest BCUT2D eigenvalue weighted by molar-refractivity contribution is -0.137. The van der Waals surface area contributed by atoms with E-state index in [1.807, 2.05) is 6.07 Å². The molecule has 1 fully saturated rings. The van der Waals surface area contributed by atoms with E-state index >= 15 is 0 Å². The summed E-state index contributed by atoms with van der Waals surface area (Å²) >= 11 is 5.93. The van der Waals surface area contributed by atoms with Crippen LogP contribution in [-0.4, -0.2) is 23.5 Å². The second-order valence-electron chi connectivity index (χ2n) is 6.02. The molecule has 25 heavy (non-hydrogen) atoms. The summed E-state index contributed by atoms with van der Waals surface area (Å²) in [5.41, 5.74) is -0.965. The Morgan fingerprint density at radius 3 is 2.60 bits per heavy atom. The SMILES string of the molecule is N#CCCN(C(=O)Nc1cc(C(F)(F)F)ccc1Cl)C1CCCCC1. The molecule has 1 aromatic carbocycles. The smallest absolute Gasteiger partial charge is 0.321 e. The van der Waals surface area contributed by atoms with Gasteiger partial charge in [0.1, 0.15) is 0 Å². The molecule has 2 amide bonds. The van der Waals surface area contributed by atoms with Crippen LogP contribution in [0.4, 0.5) is 23.7 Å². The maximum atomic E-state index is 12.9. The van der Waals surface area contributed by atoms with Gasteiger partial charge in [-0.3, -0.25) is 0 Å². The van der Waals surface area contributed by atoms with Crippen LogP contribution in [0.5, 0.6) is 0 Å². The Labute approximate surface area is 149 Å². The minimum Gasteiger partial charge on any atom is -0.321 e. The molecule has 0 radical (unpaired) electrons. The Kier molecular flexibility index (Phi) is 6.54. The van der Waals surface area contributed by atoms with Gasteiger partial charge in [-0.2, -0.15) is 18.4 Å². The minimum atomic E-state index is -4.52. The summed E-state index contributed by atoms with van der Waals surface area (Å²) in [7, 11) is 0. The molecule has 1 aromatic rings. The molecule has 0 atom stereocenters. The van der Waals surface area contributed by atoms with E-state index in [1.165, 1.54) is 0 Å². The van der Waals surface area contributed by atoms with E-state index in [-0.39, 0.29) is 29.7 Å². The first-order chi connectivity index (χ1) is 11.8. The van der Waals surface area contributed by atoms with Crippen LogP contribution in [0.25, 0.3) is 0 Å². The molecule has 0 aromatic heterocycles. The van der Waals surface area contributed by atoms with E-state index < -0.39 is 17.8 Å². The number of hydrogen-bond donors (Lipinski definition) is 1. The molecule has 0 spiro atoms. The third kappa shape index (κ3) is 5.27. The Morgan fingerprint density at radius 2 is 2.00 bits per heavy atom. The average Bonchev–Trinajstić information content (AvgIpc) is 2.57.